The fourth-order valence-electron chi connectivity index (χ4n) is 2.74. The van der Waals surface area contributed by atoms with Crippen LogP contribution in [0.2, 0.25) is 0 Å². The first-order chi connectivity index (χ1) is 9.24. The zero-order valence-corrected chi connectivity index (χ0v) is 13.4. The molecule has 0 amide bonds. The molecular weight excluding hydrogens is 304 g/mol. The van der Waals surface area contributed by atoms with E-state index in [0.29, 0.717) is 12.0 Å². The van der Waals surface area contributed by atoms with Gasteiger partial charge in [-0.3, -0.25) is 0 Å². The normalized spacial score (nSPS) is 25.0. The lowest BCUT2D eigenvalue weighted by Crippen LogP contribution is -2.27. The van der Waals surface area contributed by atoms with Crippen molar-refractivity contribution in [2.24, 2.45) is 5.92 Å². The van der Waals surface area contributed by atoms with E-state index >= 15 is 0 Å². The number of halogens is 1. The Morgan fingerprint density at radius 3 is 2.79 bits per heavy atom. The number of benzene rings is 1. The fourth-order valence-corrected chi connectivity index (χ4v) is 3.27. The third-order valence-corrected chi connectivity index (χ3v) is 4.57. The summed E-state index contributed by atoms with van der Waals surface area (Å²) in [7, 11) is 1.70. The summed E-state index contributed by atoms with van der Waals surface area (Å²) in [6.07, 6.45) is 5.62. The van der Waals surface area contributed by atoms with E-state index in [9.17, 15) is 0 Å². The van der Waals surface area contributed by atoms with Crippen LogP contribution < -0.4 is 4.74 Å². The average molecular weight is 327 g/mol. The Bertz CT molecular complexity index is 394. The largest absolute Gasteiger partial charge is 0.497 e. The zero-order chi connectivity index (χ0) is 13.7. The highest BCUT2D eigenvalue weighted by Gasteiger charge is 2.25. The third kappa shape index (κ3) is 3.96. The Morgan fingerprint density at radius 2 is 2.11 bits per heavy atom. The van der Waals surface area contributed by atoms with E-state index < -0.39 is 0 Å². The summed E-state index contributed by atoms with van der Waals surface area (Å²) in [6.45, 7) is 2.31. The van der Waals surface area contributed by atoms with Gasteiger partial charge in [-0.25, -0.2) is 0 Å². The zero-order valence-electron chi connectivity index (χ0n) is 11.8. The molecule has 1 aliphatic rings. The van der Waals surface area contributed by atoms with Gasteiger partial charge in [-0.05, 0) is 36.5 Å². The molecule has 19 heavy (non-hydrogen) atoms. The van der Waals surface area contributed by atoms with Crippen LogP contribution in [-0.4, -0.2) is 18.5 Å². The van der Waals surface area contributed by atoms with E-state index in [-0.39, 0.29) is 6.10 Å². The van der Waals surface area contributed by atoms with E-state index in [0.717, 1.165) is 11.1 Å². The van der Waals surface area contributed by atoms with Gasteiger partial charge in [-0.15, -0.1) is 0 Å². The van der Waals surface area contributed by atoms with Gasteiger partial charge in [0, 0.05) is 5.33 Å². The first-order valence-corrected chi connectivity index (χ1v) is 8.22. The van der Waals surface area contributed by atoms with Crippen LogP contribution in [0.15, 0.2) is 24.3 Å². The van der Waals surface area contributed by atoms with Crippen LogP contribution >= 0.6 is 15.9 Å². The first-order valence-electron chi connectivity index (χ1n) is 7.10. The molecule has 1 saturated carbocycles. The molecule has 1 aromatic rings. The third-order valence-electron chi connectivity index (χ3n) is 3.98. The van der Waals surface area contributed by atoms with Gasteiger partial charge < -0.3 is 9.47 Å². The van der Waals surface area contributed by atoms with Crippen LogP contribution in [0, 0.1) is 5.92 Å². The minimum absolute atomic E-state index is 0.112. The maximum absolute atomic E-state index is 6.34. The lowest BCUT2D eigenvalue weighted by atomic mass is 9.88. The first kappa shape index (κ1) is 14.9. The highest BCUT2D eigenvalue weighted by Crippen LogP contribution is 2.32. The molecule has 0 N–H and O–H groups in total. The van der Waals surface area contributed by atoms with Crippen LogP contribution in [0.1, 0.15) is 44.3 Å². The van der Waals surface area contributed by atoms with Crippen LogP contribution in [-0.2, 0) is 4.74 Å². The molecule has 0 radical (unpaired) electrons. The maximum atomic E-state index is 6.34. The van der Waals surface area contributed by atoms with Crippen molar-refractivity contribution in [3.63, 3.8) is 0 Å². The SMILES string of the molecule is COc1cccc(C(CBr)OC2CCCCC2C)c1. The smallest absolute Gasteiger partial charge is 0.119 e. The van der Waals surface area contributed by atoms with Crippen molar-refractivity contribution in [3.8, 4) is 5.75 Å². The van der Waals surface area contributed by atoms with Crippen molar-refractivity contribution in [2.75, 3.05) is 12.4 Å². The molecule has 0 spiro atoms. The molecule has 3 heteroatoms. The standard InChI is InChI=1S/C16H23BrO2/c1-12-6-3-4-9-15(12)19-16(11-17)13-7-5-8-14(10-13)18-2/h5,7-8,10,12,15-16H,3-4,6,9,11H2,1-2H3. The summed E-state index contributed by atoms with van der Waals surface area (Å²) >= 11 is 3.58. The molecule has 0 aromatic heterocycles. The maximum Gasteiger partial charge on any atom is 0.119 e. The van der Waals surface area contributed by atoms with E-state index in [1.165, 1.54) is 31.2 Å². The van der Waals surface area contributed by atoms with Gasteiger partial charge in [0.25, 0.3) is 0 Å². The molecule has 1 aliphatic carbocycles. The summed E-state index contributed by atoms with van der Waals surface area (Å²) in [5.74, 6) is 1.56. The molecule has 1 fully saturated rings. The molecular formula is C16H23BrO2. The second-order valence-corrected chi connectivity index (χ2v) is 6.00. The van der Waals surface area contributed by atoms with Crippen molar-refractivity contribution in [1.29, 1.82) is 0 Å². The molecule has 0 aliphatic heterocycles. The molecule has 2 rings (SSSR count). The van der Waals surface area contributed by atoms with E-state index in [1.54, 1.807) is 7.11 Å². The van der Waals surface area contributed by atoms with E-state index in [4.69, 9.17) is 9.47 Å². The van der Waals surface area contributed by atoms with Gasteiger partial charge >= 0.3 is 0 Å². The Labute approximate surface area is 124 Å². The Kier molecular flexibility index (Phi) is 5.71. The van der Waals surface area contributed by atoms with Gasteiger partial charge in [-0.1, -0.05) is 47.8 Å². The summed E-state index contributed by atoms with van der Waals surface area (Å²) in [4.78, 5) is 0. The molecule has 3 atom stereocenters. The lowest BCUT2D eigenvalue weighted by Gasteiger charge is -2.32. The quantitative estimate of drug-likeness (QED) is 0.728. The molecule has 106 valence electrons. The highest BCUT2D eigenvalue weighted by molar-refractivity contribution is 9.09. The number of rotatable bonds is 5. The van der Waals surface area contributed by atoms with E-state index in [1.807, 2.05) is 12.1 Å². The molecule has 1 aromatic carbocycles. The number of ether oxygens (including phenoxy) is 2. The van der Waals surface area contributed by atoms with Gasteiger partial charge in [-0.2, -0.15) is 0 Å². The van der Waals surface area contributed by atoms with Gasteiger partial charge in [0.15, 0.2) is 0 Å². The predicted octanol–water partition coefficient (Wildman–Crippen LogP) is 4.73. The second kappa shape index (κ2) is 7.30. The fraction of sp³-hybridized carbons (Fsp3) is 0.625. The van der Waals surface area contributed by atoms with Crippen molar-refractivity contribution >= 4 is 15.9 Å². The summed E-state index contributed by atoms with van der Waals surface area (Å²) < 4.78 is 11.6. The Balaban J connectivity index is 2.06. The van der Waals surface area contributed by atoms with Crippen molar-refractivity contribution in [2.45, 2.75) is 44.8 Å². The lowest BCUT2D eigenvalue weighted by molar-refractivity contribution is -0.0469. The molecule has 2 nitrogen and oxygen atoms in total. The van der Waals surface area contributed by atoms with Crippen molar-refractivity contribution in [1.82, 2.24) is 0 Å². The molecule has 0 heterocycles. The number of methoxy groups -OCH3 is 1. The van der Waals surface area contributed by atoms with Crippen molar-refractivity contribution < 1.29 is 9.47 Å². The number of alkyl halides is 1. The van der Waals surface area contributed by atoms with Crippen LogP contribution in [0.3, 0.4) is 0 Å². The Morgan fingerprint density at radius 1 is 1.32 bits per heavy atom. The average Bonchev–Trinajstić information content (AvgIpc) is 2.46. The topological polar surface area (TPSA) is 18.5 Å². The predicted molar refractivity (Wildman–Crippen MR) is 82.0 cm³/mol. The molecule has 0 saturated heterocycles. The molecule has 3 unspecified atom stereocenters. The number of hydrogen-bond acceptors (Lipinski definition) is 2. The second-order valence-electron chi connectivity index (χ2n) is 5.36. The van der Waals surface area contributed by atoms with E-state index in [2.05, 4.69) is 35.0 Å². The monoisotopic (exact) mass is 326 g/mol. The Hall–Kier alpha value is -0.540. The summed E-state index contributed by atoms with van der Waals surface area (Å²) in [6, 6.07) is 8.18. The van der Waals surface area contributed by atoms with Crippen molar-refractivity contribution in [3.05, 3.63) is 29.8 Å². The summed E-state index contributed by atoms with van der Waals surface area (Å²) in [5.41, 5.74) is 1.19. The minimum atomic E-state index is 0.112. The van der Waals surface area contributed by atoms with Gasteiger partial charge in [0.05, 0.1) is 19.3 Å². The molecule has 0 bridgehead atoms. The van der Waals surface area contributed by atoms with Crippen LogP contribution in [0.25, 0.3) is 0 Å². The van der Waals surface area contributed by atoms with Crippen LogP contribution in [0.5, 0.6) is 5.75 Å². The number of hydrogen-bond donors (Lipinski definition) is 0. The van der Waals surface area contributed by atoms with Crippen LogP contribution in [0.4, 0.5) is 0 Å². The van der Waals surface area contributed by atoms with Gasteiger partial charge in [0.1, 0.15) is 5.75 Å². The minimum Gasteiger partial charge on any atom is -0.497 e. The summed E-state index contributed by atoms with van der Waals surface area (Å²) in [5, 5.41) is 0.823. The highest BCUT2D eigenvalue weighted by atomic mass is 79.9. The van der Waals surface area contributed by atoms with Gasteiger partial charge in [0.2, 0.25) is 0 Å².